The lowest BCUT2D eigenvalue weighted by Crippen LogP contribution is -2.45. The summed E-state index contributed by atoms with van der Waals surface area (Å²) in [5.41, 5.74) is 7.14. The zero-order valence-electron chi connectivity index (χ0n) is 12.4. The molecule has 118 valence electrons. The van der Waals surface area contributed by atoms with E-state index in [9.17, 15) is 4.79 Å². The molecule has 0 aliphatic heterocycles. The number of carbonyl (C=O) groups excluding carboxylic acids is 1. The molecule has 3 nitrogen and oxygen atoms in total. The van der Waals surface area contributed by atoms with E-state index in [4.69, 9.17) is 5.73 Å². The smallest absolute Gasteiger partial charge is 0.220 e. The zero-order valence-corrected chi connectivity index (χ0v) is 14.8. The summed E-state index contributed by atoms with van der Waals surface area (Å²) in [7, 11) is 0. The van der Waals surface area contributed by atoms with Crippen molar-refractivity contribution in [2.24, 2.45) is 5.73 Å². The molecular weight excluding hydrogens is 352 g/mol. The lowest BCUT2D eigenvalue weighted by Gasteiger charge is -2.42. The summed E-state index contributed by atoms with van der Waals surface area (Å²) in [6, 6.07) is 8.53. The minimum absolute atomic E-state index is 0. The highest BCUT2D eigenvalue weighted by molar-refractivity contribution is 9.10. The highest BCUT2D eigenvalue weighted by Crippen LogP contribution is 2.43. The highest BCUT2D eigenvalue weighted by Gasteiger charge is 2.38. The van der Waals surface area contributed by atoms with Crippen LogP contribution in [0, 0.1) is 0 Å². The molecule has 1 unspecified atom stereocenters. The van der Waals surface area contributed by atoms with Gasteiger partial charge >= 0.3 is 0 Å². The third-order valence-corrected chi connectivity index (χ3v) is 4.69. The van der Waals surface area contributed by atoms with Crippen LogP contribution in [0.15, 0.2) is 28.7 Å². The van der Waals surface area contributed by atoms with Crippen LogP contribution in [-0.4, -0.2) is 18.5 Å². The lowest BCUT2D eigenvalue weighted by molar-refractivity contribution is -0.121. The molecule has 0 spiro atoms. The third kappa shape index (κ3) is 4.97. The molecule has 0 aromatic heterocycles. The SMILES string of the molecule is CC(N)CCC(=O)NCC1(c2cccc(Br)c2)CCC1.Cl. The summed E-state index contributed by atoms with van der Waals surface area (Å²) in [5.74, 6) is 0.114. The van der Waals surface area contributed by atoms with Gasteiger partial charge in [0.15, 0.2) is 0 Å². The molecule has 1 atom stereocenters. The van der Waals surface area contributed by atoms with Crippen LogP contribution in [0.25, 0.3) is 0 Å². The van der Waals surface area contributed by atoms with Gasteiger partial charge in [-0.15, -0.1) is 12.4 Å². The summed E-state index contributed by atoms with van der Waals surface area (Å²) in [6.07, 6.45) is 4.80. The summed E-state index contributed by atoms with van der Waals surface area (Å²) in [6.45, 7) is 2.67. The van der Waals surface area contributed by atoms with Gasteiger partial charge in [-0.1, -0.05) is 34.5 Å². The Morgan fingerprint density at radius 1 is 1.48 bits per heavy atom. The summed E-state index contributed by atoms with van der Waals surface area (Å²) in [4.78, 5) is 11.9. The van der Waals surface area contributed by atoms with Crippen LogP contribution in [0.3, 0.4) is 0 Å². The fourth-order valence-corrected chi connectivity index (χ4v) is 3.10. The fraction of sp³-hybridized carbons (Fsp3) is 0.562. The van der Waals surface area contributed by atoms with E-state index in [-0.39, 0.29) is 29.8 Å². The molecule has 5 heteroatoms. The number of hydrogen-bond acceptors (Lipinski definition) is 2. The van der Waals surface area contributed by atoms with E-state index >= 15 is 0 Å². The van der Waals surface area contributed by atoms with Crippen molar-refractivity contribution in [3.8, 4) is 0 Å². The van der Waals surface area contributed by atoms with Gasteiger partial charge in [0, 0.05) is 28.9 Å². The normalized spacial score (nSPS) is 17.3. The number of nitrogens with two attached hydrogens (primary N) is 1. The van der Waals surface area contributed by atoms with Gasteiger partial charge in [-0.05, 0) is 43.9 Å². The number of halogens is 2. The molecule has 1 saturated carbocycles. The predicted molar refractivity (Wildman–Crippen MR) is 92.8 cm³/mol. The lowest BCUT2D eigenvalue weighted by atomic mass is 9.64. The molecule has 1 amide bonds. The van der Waals surface area contributed by atoms with Crippen molar-refractivity contribution >= 4 is 34.2 Å². The van der Waals surface area contributed by atoms with E-state index in [0.717, 1.165) is 30.3 Å². The average molecular weight is 376 g/mol. The Bertz CT molecular complexity index is 475. The van der Waals surface area contributed by atoms with Gasteiger partial charge < -0.3 is 11.1 Å². The van der Waals surface area contributed by atoms with E-state index in [1.54, 1.807) is 0 Å². The van der Waals surface area contributed by atoms with Crippen molar-refractivity contribution < 1.29 is 4.79 Å². The number of amides is 1. The van der Waals surface area contributed by atoms with Crippen LogP contribution in [0.4, 0.5) is 0 Å². The molecule has 1 fully saturated rings. The second-order valence-electron chi connectivity index (χ2n) is 5.94. The minimum Gasteiger partial charge on any atom is -0.355 e. The van der Waals surface area contributed by atoms with E-state index in [0.29, 0.717) is 6.42 Å². The van der Waals surface area contributed by atoms with E-state index in [1.807, 2.05) is 13.0 Å². The van der Waals surface area contributed by atoms with Crippen LogP contribution >= 0.6 is 28.3 Å². The first kappa shape index (κ1) is 18.5. The Balaban J connectivity index is 0.00000220. The van der Waals surface area contributed by atoms with Crippen LogP contribution in [-0.2, 0) is 10.2 Å². The average Bonchev–Trinajstić information content (AvgIpc) is 2.35. The molecular formula is C16H24BrClN2O. The number of benzene rings is 1. The molecule has 1 aromatic rings. The van der Waals surface area contributed by atoms with Gasteiger partial charge in [0.2, 0.25) is 5.91 Å². The Hall–Kier alpha value is -0.580. The highest BCUT2D eigenvalue weighted by atomic mass is 79.9. The maximum Gasteiger partial charge on any atom is 0.220 e. The first-order valence-corrected chi connectivity index (χ1v) is 8.09. The maximum absolute atomic E-state index is 11.9. The summed E-state index contributed by atoms with van der Waals surface area (Å²) in [5, 5.41) is 3.09. The fourth-order valence-electron chi connectivity index (χ4n) is 2.70. The van der Waals surface area contributed by atoms with Crippen LogP contribution in [0.1, 0.15) is 44.6 Å². The first-order chi connectivity index (χ1) is 9.52. The molecule has 0 radical (unpaired) electrons. The molecule has 3 N–H and O–H groups in total. The van der Waals surface area contributed by atoms with Gasteiger partial charge in [-0.25, -0.2) is 0 Å². The molecule has 0 saturated heterocycles. The van der Waals surface area contributed by atoms with Gasteiger partial charge in [0.05, 0.1) is 0 Å². The van der Waals surface area contributed by atoms with Gasteiger partial charge in [-0.2, -0.15) is 0 Å². The molecule has 21 heavy (non-hydrogen) atoms. The minimum atomic E-state index is 0. The van der Waals surface area contributed by atoms with Crippen molar-refractivity contribution in [1.82, 2.24) is 5.32 Å². The number of nitrogens with one attached hydrogen (secondary N) is 1. The van der Waals surface area contributed by atoms with Gasteiger partial charge in [0.1, 0.15) is 0 Å². The largest absolute Gasteiger partial charge is 0.355 e. The van der Waals surface area contributed by atoms with Crippen molar-refractivity contribution in [3.63, 3.8) is 0 Å². The van der Waals surface area contributed by atoms with Crippen molar-refractivity contribution in [2.75, 3.05) is 6.54 Å². The quantitative estimate of drug-likeness (QED) is 0.799. The van der Waals surface area contributed by atoms with Crippen molar-refractivity contribution in [3.05, 3.63) is 34.3 Å². The number of hydrogen-bond donors (Lipinski definition) is 2. The van der Waals surface area contributed by atoms with Gasteiger partial charge in [-0.3, -0.25) is 4.79 Å². The van der Waals surface area contributed by atoms with E-state index in [2.05, 4.69) is 39.4 Å². The summed E-state index contributed by atoms with van der Waals surface area (Å²) < 4.78 is 1.10. The topological polar surface area (TPSA) is 55.1 Å². The first-order valence-electron chi connectivity index (χ1n) is 7.30. The van der Waals surface area contributed by atoms with Gasteiger partial charge in [0.25, 0.3) is 0 Å². The van der Waals surface area contributed by atoms with Crippen molar-refractivity contribution in [2.45, 2.75) is 50.5 Å². The monoisotopic (exact) mass is 374 g/mol. The van der Waals surface area contributed by atoms with Crippen LogP contribution < -0.4 is 11.1 Å². The van der Waals surface area contributed by atoms with E-state index < -0.39 is 0 Å². The molecule has 0 heterocycles. The van der Waals surface area contributed by atoms with Crippen molar-refractivity contribution in [1.29, 1.82) is 0 Å². The second-order valence-corrected chi connectivity index (χ2v) is 6.85. The Morgan fingerprint density at radius 3 is 2.71 bits per heavy atom. The second kappa shape index (κ2) is 8.16. The number of rotatable bonds is 6. The maximum atomic E-state index is 11.9. The molecule has 1 aliphatic carbocycles. The third-order valence-electron chi connectivity index (χ3n) is 4.20. The molecule has 1 aromatic carbocycles. The molecule has 1 aliphatic rings. The summed E-state index contributed by atoms with van der Waals surface area (Å²) >= 11 is 3.53. The standard InChI is InChI=1S/C16H23BrN2O.ClH/c1-12(18)6-7-15(20)19-11-16(8-3-9-16)13-4-2-5-14(17)10-13;/h2,4-5,10,12H,3,6-9,11,18H2,1H3,(H,19,20);1H. The zero-order chi connectivity index (χ0) is 14.6. The predicted octanol–water partition coefficient (Wildman–Crippen LogP) is 3.54. The molecule has 0 bridgehead atoms. The Kier molecular flexibility index (Phi) is 7.17. The number of carbonyl (C=O) groups is 1. The Labute approximate surface area is 141 Å². The molecule has 2 rings (SSSR count). The van der Waals surface area contributed by atoms with E-state index in [1.165, 1.54) is 12.0 Å². The Morgan fingerprint density at radius 2 is 2.19 bits per heavy atom. The van der Waals surface area contributed by atoms with Crippen LogP contribution in [0.2, 0.25) is 0 Å². The van der Waals surface area contributed by atoms with Crippen LogP contribution in [0.5, 0.6) is 0 Å².